The van der Waals surface area contributed by atoms with Crippen LogP contribution in [0.4, 0.5) is 0 Å². The van der Waals surface area contributed by atoms with E-state index in [-0.39, 0.29) is 17.6 Å². The molecule has 2 aliphatic rings. The lowest BCUT2D eigenvalue weighted by Gasteiger charge is -2.27. The van der Waals surface area contributed by atoms with E-state index >= 15 is 0 Å². The molecule has 1 heterocycles. The molecule has 1 fully saturated rings. The standard InChI is InChI=1S/C16H19NO3/c1-20-13-5-4-11-8-12(9-15(18)14(11)10-13)16(19)17-6-2-3-7-17/h4-5,10,12H,2-3,6-9H2,1H3. The van der Waals surface area contributed by atoms with Crippen LogP contribution in [0.5, 0.6) is 5.75 Å². The third-order valence-corrected chi connectivity index (χ3v) is 4.28. The average Bonchev–Trinajstić information content (AvgIpc) is 3.00. The van der Waals surface area contributed by atoms with E-state index in [1.165, 1.54) is 0 Å². The Morgan fingerprint density at radius 3 is 2.70 bits per heavy atom. The smallest absolute Gasteiger partial charge is 0.226 e. The van der Waals surface area contributed by atoms with Crippen LogP contribution in [0.2, 0.25) is 0 Å². The van der Waals surface area contributed by atoms with Gasteiger partial charge >= 0.3 is 0 Å². The molecule has 20 heavy (non-hydrogen) atoms. The molecule has 0 bridgehead atoms. The van der Waals surface area contributed by atoms with Gasteiger partial charge in [-0.15, -0.1) is 0 Å². The van der Waals surface area contributed by atoms with Crippen molar-refractivity contribution in [3.63, 3.8) is 0 Å². The molecule has 4 nitrogen and oxygen atoms in total. The summed E-state index contributed by atoms with van der Waals surface area (Å²) in [5.41, 5.74) is 1.69. The molecule has 106 valence electrons. The number of hydrogen-bond acceptors (Lipinski definition) is 3. The minimum Gasteiger partial charge on any atom is -0.497 e. The van der Waals surface area contributed by atoms with E-state index < -0.39 is 0 Å². The molecule has 1 amide bonds. The number of methoxy groups -OCH3 is 1. The maximum absolute atomic E-state index is 12.4. The van der Waals surface area contributed by atoms with Gasteiger partial charge in [0.25, 0.3) is 0 Å². The molecule has 3 rings (SSSR count). The van der Waals surface area contributed by atoms with Gasteiger partial charge in [-0.25, -0.2) is 0 Å². The third kappa shape index (κ3) is 2.30. The van der Waals surface area contributed by atoms with Gasteiger partial charge in [0.15, 0.2) is 5.78 Å². The van der Waals surface area contributed by atoms with Crippen LogP contribution in [0.15, 0.2) is 18.2 Å². The van der Waals surface area contributed by atoms with Crippen molar-refractivity contribution in [3.8, 4) is 5.75 Å². The largest absolute Gasteiger partial charge is 0.497 e. The Labute approximate surface area is 118 Å². The highest BCUT2D eigenvalue weighted by Crippen LogP contribution is 2.30. The van der Waals surface area contributed by atoms with Crippen molar-refractivity contribution in [3.05, 3.63) is 29.3 Å². The van der Waals surface area contributed by atoms with Crippen molar-refractivity contribution in [1.82, 2.24) is 4.90 Å². The molecule has 0 aromatic heterocycles. The molecule has 1 saturated heterocycles. The number of likely N-dealkylation sites (tertiary alicyclic amines) is 1. The number of ketones is 1. The topological polar surface area (TPSA) is 46.6 Å². The number of rotatable bonds is 2. The molecule has 1 aromatic carbocycles. The molecule has 1 atom stereocenters. The number of Topliss-reactive ketones (excluding diaryl/α,β-unsaturated/α-hetero) is 1. The maximum Gasteiger partial charge on any atom is 0.226 e. The zero-order valence-electron chi connectivity index (χ0n) is 11.7. The number of ether oxygens (including phenoxy) is 1. The highest BCUT2D eigenvalue weighted by Gasteiger charge is 2.33. The van der Waals surface area contributed by atoms with Crippen LogP contribution in [0, 0.1) is 5.92 Å². The predicted molar refractivity (Wildman–Crippen MR) is 74.9 cm³/mol. The molecule has 0 spiro atoms. The first-order chi connectivity index (χ1) is 9.69. The Bertz CT molecular complexity index is 547. The maximum atomic E-state index is 12.4. The fourth-order valence-electron chi connectivity index (χ4n) is 3.16. The number of amides is 1. The van der Waals surface area contributed by atoms with Crippen molar-refractivity contribution >= 4 is 11.7 Å². The van der Waals surface area contributed by atoms with E-state index in [2.05, 4.69) is 0 Å². The van der Waals surface area contributed by atoms with Crippen LogP contribution >= 0.6 is 0 Å². The Morgan fingerprint density at radius 2 is 2.00 bits per heavy atom. The summed E-state index contributed by atoms with van der Waals surface area (Å²) in [6, 6.07) is 5.55. The molecule has 1 aliphatic carbocycles. The van der Waals surface area contributed by atoms with E-state index in [4.69, 9.17) is 4.74 Å². The molecule has 1 aliphatic heterocycles. The Morgan fingerprint density at radius 1 is 1.25 bits per heavy atom. The number of hydrogen-bond donors (Lipinski definition) is 0. The second-order valence-electron chi connectivity index (χ2n) is 5.58. The Balaban J connectivity index is 1.81. The molecule has 4 heteroatoms. The summed E-state index contributed by atoms with van der Waals surface area (Å²) in [5.74, 6) is 0.725. The van der Waals surface area contributed by atoms with Crippen molar-refractivity contribution in [1.29, 1.82) is 0 Å². The van der Waals surface area contributed by atoms with E-state index in [9.17, 15) is 9.59 Å². The van der Waals surface area contributed by atoms with Gasteiger partial charge in [-0.2, -0.15) is 0 Å². The van der Waals surface area contributed by atoms with Crippen molar-refractivity contribution in [2.75, 3.05) is 20.2 Å². The number of nitrogens with zero attached hydrogens (tertiary/aromatic N) is 1. The quantitative estimate of drug-likeness (QED) is 0.828. The molecule has 1 unspecified atom stereocenters. The van der Waals surface area contributed by atoms with Gasteiger partial charge in [-0.05, 0) is 37.0 Å². The first kappa shape index (κ1) is 13.2. The van der Waals surface area contributed by atoms with Gasteiger partial charge in [-0.3, -0.25) is 9.59 Å². The highest BCUT2D eigenvalue weighted by atomic mass is 16.5. The van der Waals surface area contributed by atoms with Gasteiger partial charge in [0.2, 0.25) is 5.91 Å². The van der Waals surface area contributed by atoms with Crippen LogP contribution in [0.1, 0.15) is 35.2 Å². The van der Waals surface area contributed by atoms with E-state index in [1.807, 2.05) is 17.0 Å². The number of carbonyl (C=O) groups is 2. The fourth-order valence-corrected chi connectivity index (χ4v) is 3.16. The first-order valence-corrected chi connectivity index (χ1v) is 7.18. The molecule has 0 radical (unpaired) electrons. The summed E-state index contributed by atoms with van der Waals surface area (Å²) >= 11 is 0. The normalized spacial score (nSPS) is 21.8. The minimum atomic E-state index is -0.179. The van der Waals surface area contributed by atoms with Gasteiger partial charge in [0.1, 0.15) is 5.75 Å². The lowest BCUT2D eigenvalue weighted by molar-refractivity contribution is -0.134. The van der Waals surface area contributed by atoms with Crippen molar-refractivity contribution in [2.24, 2.45) is 5.92 Å². The Kier molecular flexibility index (Phi) is 3.47. The zero-order valence-corrected chi connectivity index (χ0v) is 11.7. The van der Waals surface area contributed by atoms with E-state index in [0.717, 1.165) is 37.1 Å². The second-order valence-corrected chi connectivity index (χ2v) is 5.58. The monoisotopic (exact) mass is 273 g/mol. The first-order valence-electron chi connectivity index (χ1n) is 7.18. The summed E-state index contributed by atoms with van der Waals surface area (Å²) in [4.78, 5) is 26.6. The molecular weight excluding hydrogens is 254 g/mol. The van der Waals surface area contributed by atoms with Crippen LogP contribution in [0.3, 0.4) is 0 Å². The summed E-state index contributed by atoms with van der Waals surface area (Å²) in [6.45, 7) is 1.69. The Hall–Kier alpha value is -1.84. The summed E-state index contributed by atoms with van der Waals surface area (Å²) in [5, 5.41) is 0. The molecule has 0 N–H and O–H groups in total. The lowest BCUT2D eigenvalue weighted by atomic mass is 9.82. The summed E-state index contributed by atoms with van der Waals surface area (Å²) in [7, 11) is 1.59. The molecular formula is C16H19NO3. The van der Waals surface area contributed by atoms with Crippen LogP contribution < -0.4 is 4.74 Å². The predicted octanol–water partition coefficient (Wildman–Crippen LogP) is 2.06. The van der Waals surface area contributed by atoms with Crippen molar-refractivity contribution in [2.45, 2.75) is 25.7 Å². The lowest BCUT2D eigenvalue weighted by Crippen LogP contribution is -2.37. The number of fused-ring (bicyclic) bond motifs is 1. The second kappa shape index (κ2) is 5.27. The SMILES string of the molecule is COc1ccc2c(c1)C(=O)CC(C(=O)N1CCCC1)C2. The van der Waals surface area contributed by atoms with Crippen LogP contribution in [-0.4, -0.2) is 36.8 Å². The van der Waals surface area contributed by atoms with Crippen molar-refractivity contribution < 1.29 is 14.3 Å². The number of carbonyl (C=O) groups excluding carboxylic acids is 2. The summed E-state index contributed by atoms with van der Waals surface area (Å²) in [6.07, 6.45) is 3.16. The molecule has 1 aromatic rings. The van der Waals surface area contributed by atoms with E-state index in [1.54, 1.807) is 13.2 Å². The van der Waals surface area contributed by atoms with Gasteiger partial charge in [-0.1, -0.05) is 6.07 Å². The van der Waals surface area contributed by atoms with Crippen LogP contribution in [0.25, 0.3) is 0 Å². The van der Waals surface area contributed by atoms with Crippen LogP contribution in [-0.2, 0) is 11.2 Å². The fraction of sp³-hybridized carbons (Fsp3) is 0.500. The van der Waals surface area contributed by atoms with E-state index in [0.29, 0.717) is 18.6 Å². The zero-order chi connectivity index (χ0) is 14.1. The minimum absolute atomic E-state index is 0.0581. The average molecular weight is 273 g/mol. The summed E-state index contributed by atoms with van der Waals surface area (Å²) < 4.78 is 5.16. The van der Waals surface area contributed by atoms with Gasteiger partial charge in [0, 0.05) is 31.0 Å². The van der Waals surface area contributed by atoms with Gasteiger partial charge < -0.3 is 9.64 Å². The molecule has 0 saturated carbocycles. The van der Waals surface area contributed by atoms with Gasteiger partial charge in [0.05, 0.1) is 7.11 Å². The number of benzene rings is 1. The highest BCUT2D eigenvalue weighted by molar-refractivity contribution is 6.02. The third-order valence-electron chi connectivity index (χ3n) is 4.28.